The maximum absolute atomic E-state index is 13.2. The molecule has 2 amide bonds. The van der Waals surface area contributed by atoms with Gasteiger partial charge in [0.15, 0.2) is 0 Å². The Bertz CT molecular complexity index is 1320. The number of nitriles is 1. The molecule has 0 radical (unpaired) electrons. The Morgan fingerprint density at radius 3 is 2.66 bits per heavy atom. The minimum atomic E-state index is -0.380. The molecule has 1 aliphatic rings. The van der Waals surface area contributed by atoms with E-state index in [1.54, 1.807) is 11.1 Å². The number of rotatable bonds is 7. The van der Waals surface area contributed by atoms with E-state index in [-0.39, 0.29) is 41.5 Å². The Balaban J connectivity index is 1.37. The number of nitrogen functional groups attached to an aromatic ring is 1. The van der Waals surface area contributed by atoms with Crippen LogP contribution in [0.4, 0.5) is 10.2 Å². The van der Waals surface area contributed by atoms with Crippen molar-refractivity contribution in [2.24, 2.45) is 0 Å². The third kappa shape index (κ3) is 5.06. The Kier molecular flexibility index (Phi) is 6.92. The molecule has 3 N–H and O–H groups in total. The van der Waals surface area contributed by atoms with Gasteiger partial charge in [0.2, 0.25) is 11.8 Å². The van der Waals surface area contributed by atoms with Gasteiger partial charge in [0.1, 0.15) is 23.3 Å². The lowest BCUT2D eigenvalue weighted by Gasteiger charge is -2.32. The summed E-state index contributed by atoms with van der Waals surface area (Å²) in [7, 11) is 0. The van der Waals surface area contributed by atoms with Crippen LogP contribution in [-0.4, -0.2) is 33.0 Å². The maximum atomic E-state index is 13.2. The van der Waals surface area contributed by atoms with Gasteiger partial charge in [0.25, 0.3) is 0 Å². The summed E-state index contributed by atoms with van der Waals surface area (Å²) in [5.41, 5.74) is 9.34. The maximum Gasteiger partial charge on any atom is 0.223 e. The number of nitrogens with one attached hydrogen (secondary N) is 1. The lowest BCUT2D eigenvalue weighted by atomic mass is 9.93. The fourth-order valence-electron chi connectivity index (χ4n) is 4.20. The predicted octanol–water partition coefficient (Wildman–Crippen LogP) is 3.48. The third-order valence-electron chi connectivity index (χ3n) is 5.94. The van der Waals surface area contributed by atoms with Crippen molar-refractivity contribution in [1.82, 2.24) is 20.0 Å². The number of fused-ring (bicyclic) bond motifs is 1. The molecular formula is C26H25FN6O2. The second-order valence-electron chi connectivity index (χ2n) is 8.25. The number of hydrogen-bond donors (Lipinski definition) is 2. The van der Waals surface area contributed by atoms with E-state index in [2.05, 4.69) is 16.5 Å². The lowest BCUT2D eigenvalue weighted by molar-refractivity contribution is -0.129. The zero-order chi connectivity index (χ0) is 24.9. The van der Waals surface area contributed by atoms with Crippen molar-refractivity contribution in [1.29, 1.82) is 5.26 Å². The van der Waals surface area contributed by atoms with Gasteiger partial charge in [-0.3, -0.25) is 9.59 Å². The first-order valence-electron chi connectivity index (χ1n) is 11.2. The van der Waals surface area contributed by atoms with Crippen molar-refractivity contribution in [2.75, 3.05) is 12.3 Å². The quantitative estimate of drug-likeness (QED) is 0.511. The SMILES string of the molecule is CC(=O)N1C=Cc2ccccc2C1CC(=O)NCCCc1nn(-c2ccc(F)cc2)c(N)c1C#N. The standard InChI is InChI=1S/C26H25FN6O2/c1-17(34)32-14-12-18-5-2-3-6-21(18)24(32)15-25(35)30-13-4-7-23-22(16-28)26(29)33(31-23)20-10-8-19(27)9-11-20/h2-3,5-6,8-12,14,24H,4,7,13,15,29H2,1H3,(H,30,35). The molecule has 2 aromatic carbocycles. The zero-order valence-corrected chi connectivity index (χ0v) is 19.2. The molecule has 0 fully saturated rings. The van der Waals surface area contributed by atoms with E-state index in [0.717, 1.165) is 11.1 Å². The summed E-state index contributed by atoms with van der Waals surface area (Å²) in [6.07, 6.45) is 4.69. The normalized spacial score (nSPS) is 14.3. The average molecular weight is 473 g/mol. The Morgan fingerprint density at radius 1 is 1.20 bits per heavy atom. The molecule has 178 valence electrons. The molecule has 3 aromatic rings. The molecule has 0 aliphatic carbocycles. The lowest BCUT2D eigenvalue weighted by Crippen LogP contribution is -2.35. The number of aryl methyl sites for hydroxylation is 1. The van der Waals surface area contributed by atoms with E-state index < -0.39 is 0 Å². The number of nitrogens with zero attached hydrogens (tertiary/aromatic N) is 4. The fraction of sp³-hybridized carbons (Fsp3) is 0.231. The van der Waals surface area contributed by atoms with E-state index in [1.165, 1.54) is 35.9 Å². The second kappa shape index (κ2) is 10.2. The van der Waals surface area contributed by atoms with Gasteiger partial charge in [-0.15, -0.1) is 0 Å². The monoisotopic (exact) mass is 472 g/mol. The van der Waals surface area contributed by atoms with E-state index in [1.807, 2.05) is 30.3 Å². The van der Waals surface area contributed by atoms with Crippen LogP contribution < -0.4 is 11.1 Å². The number of aromatic nitrogens is 2. The molecule has 35 heavy (non-hydrogen) atoms. The fourth-order valence-corrected chi connectivity index (χ4v) is 4.20. The van der Waals surface area contributed by atoms with Crippen LogP contribution in [0.1, 0.15) is 48.2 Å². The second-order valence-corrected chi connectivity index (χ2v) is 8.25. The number of carbonyl (C=O) groups is 2. The highest BCUT2D eigenvalue weighted by Gasteiger charge is 2.28. The topological polar surface area (TPSA) is 117 Å². The van der Waals surface area contributed by atoms with Gasteiger partial charge in [0.05, 0.1) is 23.8 Å². The Hall–Kier alpha value is -4.45. The number of nitrogens with two attached hydrogens (primary N) is 1. The molecule has 9 heteroatoms. The van der Waals surface area contributed by atoms with E-state index in [9.17, 15) is 19.2 Å². The summed E-state index contributed by atoms with van der Waals surface area (Å²) in [4.78, 5) is 26.4. The number of halogens is 1. The van der Waals surface area contributed by atoms with Crippen LogP contribution in [-0.2, 0) is 16.0 Å². The Morgan fingerprint density at radius 2 is 1.94 bits per heavy atom. The summed E-state index contributed by atoms with van der Waals surface area (Å²) in [6, 6.07) is 15.1. The Labute approximate surface area is 202 Å². The summed E-state index contributed by atoms with van der Waals surface area (Å²) in [6.45, 7) is 1.85. The highest BCUT2D eigenvalue weighted by Crippen LogP contribution is 2.32. The van der Waals surface area contributed by atoms with Crippen molar-refractivity contribution in [3.63, 3.8) is 0 Å². The molecule has 0 spiro atoms. The highest BCUT2D eigenvalue weighted by molar-refractivity contribution is 5.81. The van der Waals surface area contributed by atoms with Crippen LogP contribution in [0.15, 0.2) is 54.7 Å². The molecule has 0 bridgehead atoms. The number of amides is 2. The van der Waals surface area contributed by atoms with Crippen molar-refractivity contribution in [2.45, 2.75) is 32.2 Å². The number of carbonyl (C=O) groups excluding carboxylic acids is 2. The molecule has 4 rings (SSSR count). The van der Waals surface area contributed by atoms with Gasteiger partial charge in [-0.05, 0) is 54.3 Å². The first-order valence-corrected chi connectivity index (χ1v) is 11.2. The van der Waals surface area contributed by atoms with Crippen molar-refractivity contribution in [3.8, 4) is 11.8 Å². The van der Waals surface area contributed by atoms with E-state index >= 15 is 0 Å². The summed E-state index contributed by atoms with van der Waals surface area (Å²) >= 11 is 0. The molecule has 1 atom stereocenters. The van der Waals surface area contributed by atoms with E-state index in [0.29, 0.717) is 30.8 Å². The largest absolute Gasteiger partial charge is 0.382 e. The first kappa shape index (κ1) is 23.7. The van der Waals surface area contributed by atoms with Gasteiger partial charge in [-0.25, -0.2) is 9.07 Å². The molecule has 0 saturated carbocycles. The zero-order valence-electron chi connectivity index (χ0n) is 19.2. The molecule has 1 unspecified atom stereocenters. The van der Waals surface area contributed by atoms with Crippen molar-refractivity contribution < 1.29 is 14.0 Å². The van der Waals surface area contributed by atoms with Gasteiger partial charge in [-0.2, -0.15) is 10.4 Å². The molecular weight excluding hydrogens is 447 g/mol. The minimum absolute atomic E-state index is 0.132. The van der Waals surface area contributed by atoms with Crippen LogP contribution in [0, 0.1) is 17.1 Å². The van der Waals surface area contributed by atoms with Crippen LogP contribution in [0.2, 0.25) is 0 Å². The molecule has 1 aromatic heterocycles. The third-order valence-corrected chi connectivity index (χ3v) is 5.94. The first-order chi connectivity index (χ1) is 16.9. The summed E-state index contributed by atoms with van der Waals surface area (Å²) in [5, 5.41) is 16.9. The van der Waals surface area contributed by atoms with Crippen LogP contribution in [0.3, 0.4) is 0 Å². The summed E-state index contributed by atoms with van der Waals surface area (Å²) in [5.74, 6) is -0.503. The summed E-state index contributed by atoms with van der Waals surface area (Å²) < 4.78 is 14.6. The van der Waals surface area contributed by atoms with Gasteiger partial charge >= 0.3 is 0 Å². The van der Waals surface area contributed by atoms with Gasteiger partial charge in [-0.1, -0.05) is 24.3 Å². The van der Waals surface area contributed by atoms with Crippen molar-refractivity contribution >= 4 is 23.7 Å². The van der Waals surface area contributed by atoms with Crippen LogP contribution >= 0.6 is 0 Å². The number of hydrogen-bond acceptors (Lipinski definition) is 5. The molecule has 2 heterocycles. The van der Waals surface area contributed by atoms with E-state index in [4.69, 9.17) is 5.73 Å². The highest BCUT2D eigenvalue weighted by atomic mass is 19.1. The molecule has 1 aliphatic heterocycles. The van der Waals surface area contributed by atoms with Crippen LogP contribution in [0.5, 0.6) is 0 Å². The number of benzene rings is 2. The van der Waals surface area contributed by atoms with Gasteiger partial charge < -0.3 is 16.0 Å². The van der Waals surface area contributed by atoms with Crippen molar-refractivity contribution in [3.05, 3.63) is 82.9 Å². The average Bonchev–Trinajstić information content (AvgIpc) is 3.17. The van der Waals surface area contributed by atoms with Crippen LogP contribution in [0.25, 0.3) is 11.8 Å². The molecule has 8 nitrogen and oxygen atoms in total. The number of anilines is 1. The minimum Gasteiger partial charge on any atom is -0.382 e. The molecule has 0 saturated heterocycles. The van der Waals surface area contributed by atoms with Gasteiger partial charge in [0, 0.05) is 19.7 Å². The predicted molar refractivity (Wildman–Crippen MR) is 129 cm³/mol. The smallest absolute Gasteiger partial charge is 0.223 e.